The van der Waals surface area contributed by atoms with Crippen LogP contribution in [0.4, 0.5) is 11.4 Å². The maximum atomic E-state index is 12.8. The van der Waals surface area contributed by atoms with E-state index in [-0.39, 0.29) is 17.2 Å². The summed E-state index contributed by atoms with van der Waals surface area (Å²) in [6, 6.07) is 18.4. The second kappa shape index (κ2) is 9.16. The standard InChI is InChI=1S/C25H15ClIN3O5/c1-13-2-5-16(20(10-13)30(32)33)21-8-9-23(34-21)24(31)28-15-4-7-22-19(12-15)29-25(35-22)17-11-14(27)3-6-18(17)26/h2-12H,1H3,(H,28,31). The molecule has 0 spiro atoms. The molecule has 1 amide bonds. The summed E-state index contributed by atoms with van der Waals surface area (Å²) < 4.78 is 12.5. The maximum Gasteiger partial charge on any atom is 0.291 e. The number of nitro benzene ring substituents is 1. The van der Waals surface area contributed by atoms with Crippen molar-refractivity contribution >= 4 is 62.6 Å². The fraction of sp³-hybridized carbons (Fsp3) is 0.0400. The molecule has 0 aliphatic rings. The van der Waals surface area contributed by atoms with E-state index in [0.717, 1.165) is 9.13 Å². The number of halogens is 2. The maximum absolute atomic E-state index is 12.8. The molecule has 2 heterocycles. The summed E-state index contributed by atoms with van der Waals surface area (Å²) in [5.41, 5.74) is 3.20. The van der Waals surface area contributed by atoms with Gasteiger partial charge >= 0.3 is 0 Å². The molecule has 0 unspecified atom stereocenters. The molecule has 2 aromatic heterocycles. The van der Waals surface area contributed by atoms with Gasteiger partial charge in [0.15, 0.2) is 11.3 Å². The Kier molecular flexibility index (Phi) is 6.03. The lowest BCUT2D eigenvalue weighted by molar-refractivity contribution is -0.384. The minimum atomic E-state index is -0.505. The number of aryl methyl sites for hydroxylation is 1. The predicted octanol–water partition coefficient (Wildman–Crippen LogP) is 7.48. The smallest absolute Gasteiger partial charge is 0.291 e. The third-order valence-electron chi connectivity index (χ3n) is 5.25. The highest BCUT2D eigenvalue weighted by molar-refractivity contribution is 14.1. The highest BCUT2D eigenvalue weighted by Crippen LogP contribution is 2.34. The molecule has 0 atom stereocenters. The van der Waals surface area contributed by atoms with Crippen LogP contribution in [0.5, 0.6) is 0 Å². The molecule has 5 aromatic rings. The Morgan fingerprint density at radius 1 is 1.03 bits per heavy atom. The van der Waals surface area contributed by atoms with E-state index in [4.69, 9.17) is 20.4 Å². The lowest BCUT2D eigenvalue weighted by Gasteiger charge is -2.03. The molecule has 0 aliphatic carbocycles. The van der Waals surface area contributed by atoms with Crippen molar-refractivity contribution in [2.75, 3.05) is 5.32 Å². The van der Waals surface area contributed by atoms with Crippen LogP contribution in [0.25, 0.3) is 33.9 Å². The first-order chi connectivity index (χ1) is 16.8. The number of rotatable bonds is 5. The van der Waals surface area contributed by atoms with Crippen molar-refractivity contribution in [3.8, 4) is 22.8 Å². The van der Waals surface area contributed by atoms with Gasteiger partial charge < -0.3 is 14.2 Å². The molecule has 3 aromatic carbocycles. The van der Waals surface area contributed by atoms with Gasteiger partial charge in [-0.1, -0.05) is 17.7 Å². The van der Waals surface area contributed by atoms with Crippen LogP contribution < -0.4 is 5.32 Å². The number of nitrogens with zero attached hydrogens (tertiary/aromatic N) is 2. The summed E-state index contributed by atoms with van der Waals surface area (Å²) >= 11 is 8.48. The van der Waals surface area contributed by atoms with Crippen molar-refractivity contribution in [3.63, 3.8) is 0 Å². The van der Waals surface area contributed by atoms with Crippen LogP contribution in [0, 0.1) is 20.6 Å². The van der Waals surface area contributed by atoms with Gasteiger partial charge in [0.1, 0.15) is 11.3 Å². The van der Waals surface area contributed by atoms with Crippen molar-refractivity contribution in [2.45, 2.75) is 6.92 Å². The number of benzene rings is 3. The summed E-state index contributed by atoms with van der Waals surface area (Å²) in [5.74, 6) is 0.117. The van der Waals surface area contributed by atoms with Crippen molar-refractivity contribution in [1.82, 2.24) is 4.98 Å². The lowest BCUT2D eigenvalue weighted by Crippen LogP contribution is -2.10. The van der Waals surface area contributed by atoms with Gasteiger partial charge in [0.05, 0.1) is 21.1 Å². The number of oxazole rings is 1. The minimum Gasteiger partial charge on any atom is -0.451 e. The summed E-state index contributed by atoms with van der Waals surface area (Å²) in [7, 11) is 0. The summed E-state index contributed by atoms with van der Waals surface area (Å²) in [4.78, 5) is 28.2. The van der Waals surface area contributed by atoms with E-state index in [2.05, 4.69) is 32.9 Å². The number of aromatic nitrogens is 1. The number of nitro groups is 1. The molecule has 10 heteroatoms. The van der Waals surface area contributed by atoms with E-state index in [0.29, 0.717) is 38.8 Å². The van der Waals surface area contributed by atoms with E-state index in [1.165, 1.54) is 18.2 Å². The van der Waals surface area contributed by atoms with E-state index in [1.807, 2.05) is 12.1 Å². The van der Waals surface area contributed by atoms with Crippen LogP contribution in [0.1, 0.15) is 16.1 Å². The molecule has 0 radical (unpaired) electrons. The van der Waals surface area contributed by atoms with Gasteiger partial charge in [-0.2, -0.15) is 0 Å². The first kappa shape index (κ1) is 23.1. The first-order valence-electron chi connectivity index (χ1n) is 10.3. The van der Waals surface area contributed by atoms with E-state index in [1.54, 1.807) is 43.3 Å². The van der Waals surface area contributed by atoms with Gasteiger partial charge in [0.2, 0.25) is 5.89 Å². The molecule has 0 bridgehead atoms. The Bertz CT molecular complexity index is 1620. The molecule has 35 heavy (non-hydrogen) atoms. The number of furan rings is 1. The number of anilines is 1. The number of carbonyl (C=O) groups excluding carboxylic acids is 1. The number of hydrogen-bond donors (Lipinski definition) is 1. The van der Waals surface area contributed by atoms with E-state index in [9.17, 15) is 14.9 Å². The molecular weight excluding hydrogens is 585 g/mol. The van der Waals surface area contributed by atoms with Gasteiger partial charge in [-0.25, -0.2) is 4.98 Å². The third kappa shape index (κ3) is 4.64. The zero-order valence-electron chi connectivity index (χ0n) is 18.0. The second-order valence-corrected chi connectivity index (χ2v) is 9.37. The highest BCUT2D eigenvalue weighted by Gasteiger charge is 2.20. The van der Waals surface area contributed by atoms with Gasteiger partial charge in [0.25, 0.3) is 11.6 Å². The molecule has 0 saturated heterocycles. The Labute approximate surface area is 217 Å². The average Bonchev–Trinajstić information content (AvgIpc) is 3.48. The van der Waals surface area contributed by atoms with E-state index >= 15 is 0 Å². The topological polar surface area (TPSA) is 111 Å². The molecule has 5 rings (SSSR count). The molecule has 1 N–H and O–H groups in total. The van der Waals surface area contributed by atoms with Crippen LogP contribution in [-0.4, -0.2) is 15.8 Å². The normalized spacial score (nSPS) is 11.1. The Balaban J connectivity index is 1.39. The van der Waals surface area contributed by atoms with Gasteiger partial charge in [-0.05, 0) is 89.7 Å². The Hall–Kier alpha value is -3.70. The summed E-state index contributed by atoms with van der Waals surface area (Å²) in [6.07, 6.45) is 0. The van der Waals surface area contributed by atoms with Gasteiger partial charge in [-0.3, -0.25) is 14.9 Å². The molecule has 174 valence electrons. The molecular formula is C25H15ClIN3O5. The molecule has 8 nitrogen and oxygen atoms in total. The minimum absolute atomic E-state index is 0.0152. The third-order valence-corrected chi connectivity index (χ3v) is 6.25. The number of carbonyl (C=O) groups is 1. The Morgan fingerprint density at radius 3 is 2.66 bits per heavy atom. The lowest BCUT2D eigenvalue weighted by atomic mass is 10.1. The van der Waals surface area contributed by atoms with Crippen LogP contribution >= 0.6 is 34.2 Å². The van der Waals surface area contributed by atoms with Gasteiger partial charge in [0, 0.05) is 15.3 Å². The molecule has 0 aliphatic heterocycles. The number of hydrogen-bond acceptors (Lipinski definition) is 6. The van der Waals surface area contributed by atoms with Crippen LogP contribution in [0.3, 0.4) is 0 Å². The Morgan fingerprint density at radius 2 is 1.86 bits per heavy atom. The van der Waals surface area contributed by atoms with Crippen molar-refractivity contribution < 1.29 is 18.6 Å². The second-order valence-electron chi connectivity index (χ2n) is 7.72. The predicted molar refractivity (Wildman–Crippen MR) is 141 cm³/mol. The van der Waals surface area contributed by atoms with Crippen molar-refractivity contribution in [1.29, 1.82) is 0 Å². The van der Waals surface area contributed by atoms with Crippen LogP contribution in [0.15, 0.2) is 75.6 Å². The average molecular weight is 600 g/mol. The zero-order valence-corrected chi connectivity index (χ0v) is 21.0. The van der Waals surface area contributed by atoms with Crippen LogP contribution in [0.2, 0.25) is 5.02 Å². The quantitative estimate of drug-likeness (QED) is 0.127. The van der Waals surface area contributed by atoms with Crippen molar-refractivity contribution in [2.24, 2.45) is 0 Å². The summed E-state index contributed by atoms with van der Waals surface area (Å²) in [5, 5.41) is 14.7. The van der Waals surface area contributed by atoms with Crippen molar-refractivity contribution in [3.05, 3.63) is 96.8 Å². The fourth-order valence-corrected chi connectivity index (χ4v) is 4.27. The number of fused-ring (bicyclic) bond motifs is 1. The van der Waals surface area contributed by atoms with Crippen LogP contribution in [-0.2, 0) is 0 Å². The SMILES string of the molecule is Cc1ccc(-c2ccc(C(=O)Nc3ccc4oc(-c5cc(I)ccc5Cl)nc4c3)o2)c([N+](=O)[O-])c1. The number of amides is 1. The largest absolute Gasteiger partial charge is 0.451 e. The molecule has 0 saturated carbocycles. The monoisotopic (exact) mass is 599 g/mol. The fourth-order valence-electron chi connectivity index (χ4n) is 3.58. The van der Waals surface area contributed by atoms with Gasteiger partial charge in [-0.15, -0.1) is 0 Å². The first-order valence-corrected chi connectivity index (χ1v) is 11.8. The highest BCUT2D eigenvalue weighted by atomic mass is 127. The number of nitrogens with one attached hydrogen (secondary N) is 1. The summed E-state index contributed by atoms with van der Waals surface area (Å²) in [6.45, 7) is 1.77. The molecule has 0 fully saturated rings. The zero-order chi connectivity index (χ0) is 24.7. The van der Waals surface area contributed by atoms with E-state index < -0.39 is 10.8 Å².